The Labute approximate surface area is 134 Å². The zero-order chi connectivity index (χ0) is 16.7. The third-order valence-corrected chi connectivity index (χ3v) is 3.07. The van der Waals surface area contributed by atoms with Crippen LogP contribution in [-0.4, -0.2) is 19.0 Å². The fourth-order valence-electron chi connectivity index (χ4n) is 1.93. The summed E-state index contributed by atoms with van der Waals surface area (Å²) in [6.45, 7) is 0.335. The van der Waals surface area contributed by atoms with Crippen LogP contribution in [-0.2, 0) is 16.1 Å². The van der Waals surface area contributed by atoms with Crippen LogP contribution in [0.2, 0.25) is 0 Å². The SMILES string of the molecule is COC(=O)c1cccc(COc2ccc(/C=C\C(N)=O)cc2)c1. The smallest absolute Gasteiger partial charge is 0.337 e. The molecule has 2 rings (SSSR count). The van der Waals surface area contributed by atoms with E-state index in [1.807, 2.05) is 18.2 Å². The second-order valence-corrected chi connectivity index (χ2v) is 4.79. The lowest BCUT2D eigenvalue weighted by Gasteiger charge is -2.07. The highest BCUT2D eigenvalue weighted by Crippen LogP contribution is 2.16. The standard InChI is InChI=1S/C18H17NO4/c1-22-18(21)15-4-2-3-14(11-15)12-23-16-8-5-13(6-9-16)7-10-17(19)20/h2-11H,12H2,1H3,(H2,19,20)/b10-7-. The molecule has 23 heavy (non-hydrogen) atoms. The van der Waals surface area contributed by atoms with Gasteiger partial charge in [-0.05, 0) is 41.5 Å². The number of primary amides is 1. The van der Waals surface area contributed by atoms with Crippen molar-refractivity contribution in [1.29, 1.82) is 0 Å². The number of amides is 1. The molecule has 5 nitrogen and oxygen atoms in total. The van der Waals surface area contributed by atoms with Gasteiger partial charge in [0.15, 0.2) is 0 Å². The van der Waals surface area contributed by atoms with Crippen molar-refractivity contribution in [1.82, 2.24) is 0 Å². The van der Waals surface area contributed by atoms with Gasteiger partial charge in [0, 0.05) is 6.08 Å². The summed E-state index contributed by atoms with van der Waals surface area (Å²) in [6, 6.07) is 14.3. The minimum atomic E-state index is -0.490. The molecule has 118 valence electrons. The number of carbonyl (C=O) groups is 2. The van der Waals surface area contributed by atoms with Gasteiger partial charge in [0.25, 0.3) is 0 Å². The van der Waals surface area contributed by atoms with E-state index in [0.29, 0.717) is 17.9 Å². The Hall–Kier alpha value is -3.08. The van der Waals surface area contributed by atoms with Crippen molar-refractivity contribution in [2.45, 2.75) is 6.61 Å². The van der Waals surface area contributed by atoms with Gasteiger partial charge in [0.05, 0.1) is 12.7 Å². The molecule has 0 atom stereocenters. The molecule has 1 amide bonds. The maximum Gasteiger partial charge on any atom is 0.337 e. The quantitative estimate of drug-likeness (QED) is 0.657. The Morgan fingerprint density at radius 1 is 1.13 bits per heavy atom. The van der Waals surface area contributed by atoms with Crippen molar-refractivity contribution in [3.63, 3.8) is 0 Å². The molecule has 0 saturated heterocycles. The molecule has 5 heteroatoms. The molecule has 0 saturated carbocycles. The van der Waals surface area contributed by atoms with Crippen molar-refractivity contribution in [3.05, 3.63) is 71.3 Å². The first-order valence-electron chi connectivity index (χ1n) is 6.96. The average molecular weight is 311 g/mol. The lowest BCUT2D eigenvalue weighted by molar-refractivity contribution is -0.113. The average Bonchev–Trinajstić information content (AvgIpc) is 2.58. The first kappa shape index (κ1) is 16.3. The first-order valence-corrected chi connectivity index (χ1v) is 6.96. The van der Waals surface area contributed by atoms with Crippen LogP contribution < -0.4 is 10.5 Å². The Morgan fingerprint density at radius 2 is 1.87 bits per heavy atom. The van der Waals surface area contributed by atoms with Crippen molar-refractivity contribution >= 4 is 18.0 Å². The number of carbonyl (C=O) groups excluding carboxylic acids is 2. The third-order valence-electron chi connectivity index (χ3n) is 3.07. The van der Waals surface area contributed by atoms with E-state index in [9.17, 15) is 9.59 Å². The molecule has 0 aliphatic heterocycles. The lowest BCUT2D eigenvalue weighted by atomic mass is 10.1. The Kier molecular flexibility index (Phi) is 5.52. The van der Waals surface area contributed by atoms with Gasteiger partial charge in [-0.15, -0.1) is 0 Å². The third kappa shape index (κ3) is 5.00. The molecule has 0 spiro atoms. The molecule has 0 aromatic heterocycles. The number of esters is 1. The van der Waals surface area contributed by atoms with Crippen molar-refractivity contribution in [3.8, 4) is 5.75 Å². The minimum absolute atomic E-state index is 0.335. The number of hydrogen-bond donors (Lipinski definition) is 1. The van der Waals surface area contributed by atoms with E-state index >= 15 is 0 Å². The highest BCUT2D eigenvalue weighted by molar-refractivity contribution is 5.90. The predicted octanol–water partition coefficient (Wildman–Crippen LogP) is 2.55. The zero-order valence-corrected chi connectivity index (χ0v) is 12.7. The molecule has 0 radical (unpaired) electrons. The molecule has 0 bridgehead atoms. The summed E-state index contributed by atoms with van der Waals surface area (Å²) in [6.07, 6.45) is 2.93. The molecule has 0 aliphatic rings. The van der Waals surface area contributed by atoms with Crippen LogP contribution >= 0.6 is 0 Å². The molecule has 0 fully saturated rings. The number of ether oxygens (including phenoxy) is 2. The number of benzene rings is 2. The second-order valence-electron chi connectivity index (χ2n) is 4.79. The second kappa shape index (κ2) is 7.79. The van der Waals surface area contributed by atoms with E-state index in [1.165, 1.54) is 13.2 Å². The fraction of sp³-hybridized carbons (Fsp3) is 0.111. The van der Waals surface area contributed by atoms with Gasteiger partial charge in [-0.3, -0.25) is 4.79 Å². The number of rotatable bonds is 6. The molecular weight excluding hydrogens is 294 g/mol. The summed E-state index contributed by atoms with van der Waals surface area (Å²) in [5, 5.41) is 0. The van der Waals surface area contributed by atoms with Crippen molar-refractivity contribution in [2.75, 3.05) is 7.11 Å². The zero-order valence-electron chi connectivity index (χ0n) is 12.7. The number of hydrogen-bond acceptors (Lipinski definition) is 4. The largest absolute Gasteiger partial charge is 0.489 e. The summed E-state index contributed by atoms with van der Waals surface area (Å²) in [4.78, 5) is 22.2. The minimum Gasteiger partial charge on any atom is -0.489 e. The molecule has 2 N–H and O–H groups in total. The van der Waals surface area contributed by atoms with Gasteiger partial charge >= 0.3 is 5.97 Å². The molecule has 0 heterocycles. The van der Waals surface area contributed by atoms with E-state index in [0.717, 1.165) is 11.1 Å². The van der Waals surface area contributed by atoms with E-state index < -0.39 is 5.91 Å². The van der Waals surface area contributed by atoms with Crippen LogP contribution in [0.1, 0.15) is 21.5 Å². The van der Waals surface area contributed by atoms with Crippen LogP contribution in [0.4, 0.5) is 0 Å². The summed E-state index contributed by atoms with van der Waals surface area (Å²) >= 11 is 0. The van der Waals surface area contributed by atoms with Crippen LogP contribution in [0.15, 0.2) is 54.6 Å². The molecule has 0 unspecified atom stereocenters. The highest BCUT2D eigenvalue weighted by Gasteiger charge is 2.05. The number of nitrogens with two attached hydrogens (primary N) is 1. The van der Waals surface area contributed by atoms with Gasteiger partial charge in [0.2, 0.25) is 5.91 Å². The number of methoxy groups -OCH3 is 1. The Balaban J connectivity index is 1.98. The van der Waals surface area contributed by atoms with E-state index in [1.54, 1.807) is 36.4 Å². The van der Waals surface area contributed by atoms with Gasteiger partial charge in [-0.2, -0.15) is 0 Å². The van der Waals surface area contributed by atoms with E-state index in [4.69, 9.17) is 10.5 Å². The molecular formula is C18H17NO4. The predicted molar refractivity (Wildman–Crippen MR) is 86.8 cm³/mol. The summed E-state index contributed by atoms with van der Waals surface area (Å²) in [5.74, 6) is -0.182. The van der Waals surface area contributed by atoms with Crippen molar-refractivity contribution in [2.24, 2.45) is 5.73 Å². The van der Waals surface area contributed by atoms with Gasteiger partial charge in [-0.25, -0.2) is 4.79 Å². The Bertz CT molecular complexity index is 720. The maximum atomic E-state index is 11.5. The van der Waals surface area contributed by atoms with Gasteiger partial charge in [0.1, 0.15) is 12.4 Å². The Morgan fingerprint density at radius 3 is 2.52 bits per heavy atom. The summed E-state index contributed by atoms with van der Waals surface area (Å²) in [7, 11) is 1.35. The molecule has 2 aromatic carbocycles. The highest BCUT2D eigenvalue weighted by atomic mass is 16.5. The van der Waals surface area contributed by atoms with Gasteiger partial charge in [-0.1, -0.05) is 24.3 Å². The summed E-state index contributed by atoms with van der Waals surface area (Å²) < 4.78 is 10.4. The van der Waals surface area contributed by atoms with Crippen molar-refractivity contribution < 1.29 is 19.1 Å². The van der Waals surface area contributed by atoms with Crippen LogP contribution in [0, 0.1) is 0 Å². The summed E-state index contributed by atoms with van der Waals surface area (Å²) in [5.41, 5.74) is 7.25. The molecule has 0 aliphatic carbocycles. The normalized spacial score (nSPS) is 10.5. The molecule has 2 aromatic rings. The fourth-order valence-corrected chi connectivity index (χ4v) is 1.93. The van der Waals surface area contributed by atoms with Crippen LogP contribution in [0.5, 0.6) is 5.75 Å². The van der Waals surface area contributed by atoms with Gasteiger partial charge < -0.3 is 15.2 Å². The van der Waals surface area contributed by atoms with Crippen LogP contribution in [0.3, 0.4) is 0 Å². The first-order chi connectivity index (χ1) is 11.1. The monoisotopic (exact) mass is 311 g/mol. The lowest BCUT2D eigenvalue weighted by Crippen LogP contribution is -2.05. The van der Waals surface area contributed by atoms with E-state index in [-0.39, 0.29) is 5.97 Å². The topological polar surface area (TPSA) is 78.6 Å². The van der Waals surface area contributed by atoms with E-state index in [2.05, 4.69) is 4.74 Å². The maximum absolute atomic E-state index is 11.5. The van der Waals surface area contributed by atoms with Crippen LogP contribution in [0.25, 0.3) is 6.08 Å².